The van der Waals surface area contributed by atoms with Gasteiger partial charge in [0.25, 0.3) is 0 Å². The summed E-state index contributed by atoms with van der Waals surface area (Å²) < 4.78 is 10.8. The van der Waals surface area contributed by atoms with Crippen LogP contribution < -0.4 is 5.32 Å². The van der Waals surface area contributed by atoms with E-state index in [1.807, 2.05) is 0 Å². The molecule has 0 radical (unpaired) electrons. The maximum atomic E-state index is 10.6. The first-order valence-corrected chi connectivity index (χ1v) is 8.35. The second-order valence-corrected chi connectivity index (χ2v) is 7.78. The molecule has 0 rings (SSSR count). The lowest BCUT2D eigenvalue weighted by molar-refractivity contribution is -0.119. The van der Waals surface area contributed by atoms with Crippen LogP contribution in [0.2, 0.25) is 0 Å². The number of ether oxygens (including phenoxy) is 2. The molecule has 1 amide bonds. The minimum Gasteiger partial charge on any atom is -0.379 e. The molecule has 1 atom stereocenters. The molecule has 0 heterocycles. The Balaban J connectivity index is 3.55. The van der Waals surface area contributed by atoms with E-state index < -0.39 is 0 Å². The van der Waals surface area contributed by atoms with Crippen molar-refractivity contribution in [2.24, 2.45) is 5.41 Å². The molecule has 0 saturated carbocycles. The van der Waals surface area contributed by atoms with E-state index in [1.54, 1.807) is 0 Å². The zero-order chi connectivity index (χ0) is 16.4. The molecule has 0 aromatic heterocycles. The molecule has 4 nitrogen and oxygen atoms in total. The summed E-state index contributed by atoms with van der Waals surface area (Å²) in [7, 11) is 0. The molecule has 0 saturated heterocycles. The van der Waals surface area contributed by atoms with Crippen LogP contribution in [0.3, 0.4) is 0 Å². The Kier molecular flexibility index (Phi) is 10.7. The molecule has 0 aliphatic heterocycles. The van der Waals surface area contributed by atoms with Gasteiger partial charge in [0.1, 0.15) is 0 Å². The summed E-state index contributed by atoms with van der Waals surface area (Å²) in [5, 5.41) is 2.67. The number of hydrogen-bond acceptors (Lipinski definition) is 4. The molecule has 0 aliphatic carbocycles. The Morgan fingerprint density at radius 3 is 2.24 bits per heavy atom. The topological polar surface area (TPSA) is 47.6 Å². The van der Waals surface area contributed by atoms with Gasteiger partial charge >= 0.3 is 0 Å². The maximum Gasteiger partial charge on any atom is 0.216 e. The summed E-state index contributed by atoms with van der Waals surface area (Å²) in [4.78, 5) is 10.6. The molecule has 0 aromatic rings. The number of nitrogens with one attached hydrogen (secondary N) is 1. The number of carbonyl (C=O) groups excluding carboxylic acids is 1. The first kappa shape index (κ1) is 21.0. The molecular formula is C15H30ClNO3S. The summed E-state index contributed by atoms with van der Waals surface area (Å²) in [6.07, 6.45) is 1.91. The highest BCUT2D eigenvalue weighted by atomic mass is 35.5. The number of rotatable bonds is 12. The van der Waals surface area contributed by atoms with Crippen molar-refractivity contribution in [1.82, 2.24) is 5.32 Å². The van der Waals surface area contributed by atoms with Crippen LogP contribution in [0.15, 0.2) is 0 Å². The van der Waals surface area contributed by atoms with Gasteiger partial charge in [-0.1, -0.05) is 13.8 Å². The summed E-state index contributed by atoms with van der Waals surface area (Å²) in [5.41, 5.74) is 0.150. The Hall–Kier alpha value is 0.0300. The van der Waals surface area contributed by atoms with E-state index >= 15 is 0 Å². The molecular weight excluding hydrogens is 310 g/mol. The van der Waals surface area contributed by atoms with Crippen molar-refractivity contribution in [3.63, 3.8) is 0 Å². The minimum absolute atomic E-state index is 0.0368. The number of carbonyl (C=O) groups is 1. The van der Waals surface area contributed by atoms with Crippen molar-refractivity contribution in [3.8, 4) is 0 Å². The van der Waals surface area contributed by atoms with E-state index in [9.17, 15) is 4.79 Å². The fraction of sp³-hybridized carbons (Fsp3) is 0.933. The van der Waals surface area contributed by atoms with Gasteiger partial charge in [0.15, 0.2) is 0 Å². The van der Waals surface area contributed by atoms with E-state index in [0.29, 0.717) is 38.9 Å². The maximum absolute atomic E-state index is 10.6. The van der Waals surface area contributed by atoms with Crippen molar-refractivity contribution in [3.05, 3.63) is 0 Å². The van der Waals surface area contributed by atoms with Crippen LogP contribution in [0.1, 0.15) is 40.5 Å². The number of amides is 1. The lowest BCUT2D eigenvalue weighted by Crippen LogP contribution is -2.29. The standard InChI is InChI=1S/C15H30ClNO3S/c1-13(18)17-6-8-20-10-9-19-7-5-14(2,3)11-15(4,21)12-16/h21H,5-12H2,1-4H3,(H,17,18). The predicted molar refractivity (Wildman–Crippen MR) is 91.4 cm³/mol. The van der Waals surface area contributed by atoms with Crippen LogP contribution in [0, 0.1) is 5.41 Å². The molecule has 0 aliphatic rings. The Bertz CT molecular complexity index is 299. The average Bonchev–Trinajstić information content (AvgIpc) is 2.35. The van der Waals surface area contributed by atoms with E-state index in [1.165, 1.54) is 6.92 Å². The van der Waals surface area contributed by atoms with Gasteiger partial charge in [-0.05, 0) is 25.2 Å². The molecule has 1 N–H and O–H groups in total. The van der Waals surface area contributed by atoms with Gasteiger partial charge in [-0.2, -0.15) is 12.6 Å². The summed E-state index contributed by atoms with van der Waals surface area (Å²) in [5.74, 6) is 0.507. The van der Waals surface area contributed by atoms with Crippen LogP contribution in [-0.2, 0) is 14.3 Å². The van der Waals surface area contributed by atoms with Crippen molar-refractivity contribution < 1.29 is 14.3 Å². The second kappa shape index (κ2) is 10.7. The third kappa shape index (κ3) is 13.4. The quantitative estimate of drug-likeness (QED) is 0.326. The van der Waals surface area contributed by atoms with Gasteiger partial charge in [0.05, 0.1) is 19.8 Å². The zero-order valence-corrected chi connectivity index (χ0v) is 15.4. The van der Waals surface area contributed by atoms with Crippen LogP contribution in [-0.4, -0.2) is 49.5 Å². The van der Waals surface area contributed by atoms with Gasteiger partial charge in [-0.15, -0.1) is 11.6 Å². The van der Waals surface area contributed by atoms with Gasteiger partial charge < -0.3 is 14.8 Å². The average molecular weight is 340 g/mol. The zero-order valence-electron chi connectivity index (χ0n) is 13.7. The first-order chi connectivity index (χ1) is 9.68. The van der Waals surface area contributed by atoms with Crippen molar-refractivity contribution >= 4 is 30.1 Å². The Morgan fingerprint density at radius 1 is 1.14 bits per heavy atom. The van der Waals surface area contributed by atoms with Crippen LogP contribution in [0.25, 0.3) is 0 Å². The molecule has 0 aromatic carbocycles. The fourth-order valence-corrected chi connectivity index (χ4v) is 2.66. The lowest BCUT2D eigenvalue weighted by atomic mass is 9.81. The number of halogens is 1. The predicted octanol–water partition coefficient (Wildman–Crippen LogP) is 2.89. The fourth-order valence-electron chi connectivity index (χ4n) is 2.14. The molecule has 0 fully saturated rings. The van der Waals surface area contributed by atoms with E-state index in [2.05, 4.69) is 38.7 Å². The smallest absolute Gasteiger partial charge is 0.216 e. The molecule has 126 valence electrons. The highest BCUT2D eigenvalue weighted by Crippen LogP contribution is 2.35. The first-order valence-electron chi connectivity index (χ1n) is 7.37. The van der Waals surface area contributed by atoms with Gasteiger partial charge in [0.2, 0.25) is 5.91 Å². The van der Waals surface area contributed by atoms with Crippen LogP contribution in [0.4, 0.5) is 0 Å². The molecule has 0 bridgehead atoms. The molecule has 6 heteroatoms. The highest BCUT2D eigenvalue weighted by molar-refractivity contribution is 7.81. The minimum atomic E-state index is -0.141. The Labute approximate surface area is 139 Å². The van der Waals surface area contributed by atoms with Crippen LogP contribution in [0.5, 0.6) is 0 Å². The third-order valence-electron chi connectivity index (χ3n) is 3.06. The molecule has 21 heavy (non-hydrogen) atoms. The molecule has 0 spiro atoms. The van der Waals surface area contributed by atoms with E-state index in [-0.39, 0.29) is 16.1 Å². The Morgan fingerprint density at radius 2 is 1.71 bits per heavy atom. The van der Waals surface area contributed by atoms with Crippen LogP contribution >= 0.6 is 24.2 Å². The summed E-state index contributed by atoms with van der Waals surface area (Å²) >= 11 is 10.5. The molecule has 1 unspecified atom stereocenters. The SMILES string of the molecule is CC(=O)NCCOCCOCCC(C)(C)CC(C)(S)CCl. The van der Waals surface area contributed by atoms with Gasteiger partial charge in [-0.25, -0.2) is 0 Å². The highest BCUT2D eigenvalue weighted by Gasteiger charge is 2.28. The summed E-state index contributed by atoms with van der Waals surface area (Å²) in [6, 6.07) is 0. The van der Waals surface area contributed by atoms with Crippen molar-refractivity contribution in [2.45, 2.75) is 45.3 Å². The lowest BCUT2D eigenvalue weighted by Gasteiger charge is -2.33. The number of alkyl halides is 1. The third-order valence-corrected chi connectivity index (χ3v) is 4.16. The van der Waals surface area contributed by atoms with Crippen molar-refractivity contribution in [2.75, 3.05) is 38.9 Å². The van der Waals surface area contributed by atoms with Gasteiger partial charge in [-0.3, -0.25) is 4.79 Å². The normalized spacial score (nSPS) is 14.8. The van der Waals surface area contributed by atoms with Crippen molar-refractivity contribution in [1.29, 1.82) is 0 Å². The number of thiol groups is 1. The van der Waals surface area contributed by atoms with E-state index in [4.69, 9.17) is 21.1 Å². The number of hydrogen-bond donors (Lipinski definition) is 2. The second-order valence-electron chi connectivity index (χ2n) is 6.43. The van der Waals surface area contributed by atoms with Gasteiger partial charge in [0, 0.05) is 30.7 Å². The monoisotopic (exact) mass is 339 g/mol. The largest absolute Gasteiger partial charge is 0.379 e. The van der Waals surface area contributed by atoms with E-state index in [0.717, 1.165) is 12.8 Å². The summed E-state index contributed by atoms with van der Waals surface area (Å²) in [6.45, 7) is 10.9.